The molecule has 0 radical (unpaired) electrons. The summed E-state index contributed by atoms with van der Waals surface area (Å²) in [6.07, 6.45) is 4.80. The molecular weight excluding hydrogens is 370 g/mol. The van der Waals surface area contributed by atoms with E-state index in [1.54, 1.807) is 17.0 Å². The van der Waals surface area contributed by atoms with Gasteiger partial charge in [-0.25, -0.2) is 9.48 Å². The Balaban J connectivity index is 2.04. The number of tetrazole rings is 1. The number of furan rings is 1. The zero-order valence-corrected chi connectivity index (χ0v) is 17.1. The van der Waals surface area contributed by atoms with Crippen molar-refractivity contribution < 1.29 is 13.9 Å². The molecule has 0 spiro atoms. The van der Waals surface area contributed by atoms with Crippen LogP contribution in [0.2, 0.25) is 0 Å². The molecular formula is C21H27N5O3. The van der Waals surface area contributed by atoms with E-state index < -0.39 is 11.5 Å². The molecule has 2 heterocycles. The Bertz CT molecular complexity index is 922. The average molecular weight is 397 g/mol. The maximum absolute atomic E-state index is 12.5. The summed E-state index contributed by atoms with van der Waals surface area (Å²) >= 11 is 0. The number of rotatable bonds is 10. The standard InChI is InChI=1S/C21H27N5O3/c1-4-5-8-13-26-20(23-24-25-26)21(2,22-15-16-10-9-14-29-16)18-12-7-6-11-17(18)19(27)28-3/h6-7,9-12,14,22H,4-5,8,13,15H2,1-3H3. The molecule has 0 aliphatic rings. The number of ether oxygens (including phenoxy) is 1. The van der Waals surface area contributed by atoms with Crippen molar-refractivity contribution in [2.24, 2.45) is 0 Å². The zero-order chi connectivity index (χ0) is 20.7. The highest BCUT2D eigenvalue weighted by Crippen LogP contribution is 2.31. The van der Waals surface area contributed by atoms with Gasteiger partial charge in [-0.2, -0.15) is 0 Å². The Kier molecular flexibility index (Phi) is 6.77. The van der Waals surface area contributed by atoms with Crippen molar-refractivity contribution in [2.45, 2.75) is 51.7 Å². The molecule has 0 bridgehead atoms. The van der Waals surface area contributed by atoms with Crippen LogP contribution in [0.3, 0.4) is 0 Å². The number of nitrogens with zero attached hydrogens (tertiary/aromatic N) is 4. The number of carbonyl (C=O) groups excluding carboxylic acids is 1. The highest BCUT2D eigenvalue weighted by molar-refractivity contribution is 5.91. The smallest absolute Gasteiger partial charge is 0.338 e. The zero-order valence-electron chi connectivity index (χ0n) is 17.1. The minimum Gasteiger partial charge on any atom is -0.468 e. The largest absolute Gasteiger partial charge is 0.468 e. The number of carbonyl (C=O) groups is 1. The van der Waals surface area contributed by atoms with Gasteiger partial charge in [0.1, 0.15) is 11.3 Å². The number of methoxy groups -OCH3 is 1. The van der Waals surface area contributed by atoms with Crippen LogP contribution in [0.4, 0.5) is 0 Å². The van der Waals surface area contributed by atoms with Gasteiger partial charge in [0.25, 0.3) is 0 Å². The van der Waals surface area contributed by atoms with E-state index in [1.807, 2.05) is 37.3 Å². The highest BCUT2D eigenvalue weighted by Gasteiger charge is 2.37. The monoisotopic (exact) mass is 397 g/mol. The first-order chi connectivity index (χ1) is 14.1. The maximum atomic E-state index is 12.5. The number of aryl methyl sites for hydroxylation is 1. The van der Waals surface area contributed by atoms with Crippen molar-refractivity contribution in [3.63, 3.8) is 0 Å². The fraction of sp³-hybridized carbons (Fsp3) is 0.429. The fourth-order valence-electron chi connectivity index (χ4n) is 3.40. The third-order valence-electron chi connectivity index (χ3n) is 5.02. The molecule has 29 heavy (non-hydrogen) atoms. The quantitative estimate of drug-likeness (QED) is 0.414. The number of hydrogen-bond acceptors (Lipinski definition) is 7. The molecule has 1 aromatic carbocycles. The number of esters is 1. The molecule has 8 nitrogen and oxygen atoms in total. The lowest BCUT2D eigenvalue weighted by Gasteiger charge is -2.31. The van der Waals surface area contributed by atoms with Crippen LogP contribution in [0.25, 0.3) is 0 Å². The molecule has 8 heteroatoms. The van der Waals surface area contributed by atoms with Gasteiger partial charge in [0.05, 0.1) is 25.5 Å². The lowest BCUT2D eigenvalue weighted by atomic mass is 9.86. The van der Waals surface area contributed by atoms with E-state index in [-0.39, 0.29) is 0 Å². The van der Waals surface area contributed by atoms with Crippen molar-refractivity contribution in [3.05, 3.63) is 65.4 Å². The van der Waals surface area contributed by atoms with Crippen LogP contribution in [-0.4, -0.2) is 33.3 Å². The molecule has 2 aromatic heterocycles. The number of nitrogens with one attached hydrogen (secondary N) is 1. The summed E-state index contributed by atoms with van der Waals surface area (Å²) in [5, 5.41) is 15.9. The molecule has 0 aliphatic carbocycles. The lowest BCUT2D eigenvalue weighted by Crippen LogP contribution is -2.44. The van der Waals surface area contributed by atoms with Crippen molar-refractivity contribution in [2.75, 3.05) is 7.11 Å². The fourth-order valence-corrected chi connectivity index (χ4v) is 3.40. The van der Waals surface area contributed by atoms with Crippen molar-refractivity contribution in [3.8, 4) is 0 Å². The second-order valence-corrected chi connectivity index (χ2v) is 7.03. The molecule has 154 valence electrons. The third kappa shape index (κ3) is 4.54. The Morgan fingerprint density at radius 3 is 2.79 bits per heavy atom. The van der Waals surface area contributed by atoms with Gasteiger partial charge in [0.15, 0.2) is 5.82 Å². The molecule has 3 rings (SSSR count). The van der Waals surface area contributed by atoms with Gasteiger partial charge in [-0.05, 0) is 47.5 Å². The summed E-state index contributed by atoms with van der Waals surface area (Å²) in [5.41, 5.74) is 0.366. The van der Waals surface area contributed by atoms with Gasteiger partial charge in [0.2, 0.25) is 0 Å². The maximum Gasteiger partial charge on any atom is 0.338 e. The third-order valence-corrected chi connectivity index (χ3v) is 5.02. The first kappa shape index (κ1) is 20.7. The van der Waals surface area contributed by atoms with Crippen molar-refractivity contribution in [1.82, 2.24) is 25.5 Å². The van der Waals surface area contributed by atoms with Crippen LogP contribution < -0.4 is 5.32 Å². The number of aromatic nitrogens is 4. The highest BCUT2D eigenvalue weighted by atomic mass is 16.5. The van der Waals surface area contributed by atoms with Crippen molar-refractivity contribution >= 4 is 5.97 Å². The molecule has 1 N–H and O–H groups in total. The molecule has 0 saturated heterocycles. The summed E-state index contributed by atoms with van der Waals surface area (Å²) in [4.78, 5) is 12.5. The summed E-state index contributed by atoms with van der Waals surface area (Å²) in [6, 6.07) is 11.1. The first-order valence-electron chi connectivity index (χ1n) is 9.82. The van der Waals surface area contributed by atoms with E-state index in [9.17, 15) is 4.79 Å². The minimum absolute atomic E-state index is 0.406. The van der Waals surface area contributed by atoms with E-state index in [0.717, 1.165) is 30.6 Å². The Hall–Kier alpha value is -3.00. The molecule has 0 aliphatic heterocycles. The molecule has 3 aromatic rings. The number of hydrogen-bond donors (Lipinski definition) is 1. The van der Waals surface area contributed by atoms with Crippen LogP contribution in [0, 0.1) is 0 Å². The summed E-state index contributed by atoms with van der Waals surface area (Å²) < 4.78 is 12.3. The number of unbranched alkanes of at least 4 members (excludes halogenated alkanes) is 2. The van der Waals surface area contributed by atoms with E-state index in [2.05, 4.69) is 27.8 Å². The molecule has 1 unspecified atom stereocenters. The van der Waals surface area contributed by atoms with Gasteiger partial charge in [0, 0.05) is 6.54 Å². The normalized spacial score (nSPS) is 13.2. The van der Waals surface area contributed by atoms with Crippen LogP contribution in [0.5, 0.6) is 0 Å². The molecule has 0 saturated carbocycles. The second kappa shape index (κ2) is 9.47. The molecule has 0 fully saturated rings. The average Bonchev–Trinajstić information content (AvgIpc) is 3.44. The predicted octanol–water partition coefficient (Wildman–Crippen LogP) is 3.30. The predicted molar refractivity (Wildman–Crippen MR) is 107 cm³/mol. The van der Waals surface area contributed by atoms with Gasteiger partial charge in [-0.15, -0.1) is 5.10 Å². The van der Waals surface area contributed by atoms with Crippen molar-refractivity contribution in [1.29, 1.82) is 0 Å². The summed E-state index contributed by atoms with van der Waals surface area (Å²) in [6.45, 7) is 5.28. The van der Waals surface area contributed by atoms with E-state index in [0.29, 0.717) is 24.5 Å². The van der Waals surface area contributed by atoms with Gasteiger partial charge < -0.3 is 9.15 Å². The first-order valence-corrected chi connectivity index (χ1v) is 9.82. The Morgan fingerprint density at radius 2 is 2.07 bits per heavy atom. The Labute approximate surface area is 170 Å². The van der Waals surface area contributed by atoms with Crippen LogP contribution in [0.1, 0.15) is 60.6 Å². The van der Waals surface area contributed by atoms with E-state index in [4.69, 9.17) is 9.15 Å². The summed E-state index contributed by atoms with van der Waals surface area (Å²) in [5.74, 6) is 1.00. The lowest BCUT2D eigenvalue weighted by molar-refractivity contribution is 0.0597. The van der Waals surface area contributed by atoms with Crippen LogP contribution in [-0.2, 0) is 23.4 Å². The van der Waals surface area contributed by atoms with E-state index in [1.165, 1.54) is 7.11 Å². The Morgan fingerprint density at radius 1 is 1.24 bits per heavy atom. The van der Waals surface area contributed by atoms with Crippen LogP contribution in [0.15, 0.2) is 47.1 Å². The molecule has 1 atom stereocenters. The second-order valence-electron chi connectivity index (χ2n) is 7.03. The van der Waals surface area contributed by atoms with E-state index >= 15 is 0 Å². The van der Waals surface area contributed by atoms with Gasteiger partial charge in [-0.1, -0.05) is 38.0 Å². The molecule has 0 amide bonds. The van der Waals surface area contributed by atoms with Gasteiger partial charge >= 0.3 is 5.97 Å². The van der Waals surface area contributed by atoms with Gasteiger partial charge in [-0.3, -0.25) is 5.32 Å². The summed E-state index contributed by atoms with van der Waals surface area (Å²) in [7, 11) is 1.38. The van der Waals surface area contributed by atoms with Crippen LogP contribution >= 0.6 is 0 Å². The minimum atomic E-state index is -0.840. The SMILES string of the molecule is CCCCCn1nnnc1C(C)(NCc1ccco1)c1ccccc1C(=O)OC. The number of benzene rings is 1. The topological polar surface area (TPSA) is 95.1 Å².